The van der Waals surface area contributed by atoms with E-state index in [-0.39, 0.29) is 10.8 Å². The first kappa shape index (κ1) is 11.1. The standard InChI is InChI=1S/C7H10BrN3O3/c1-13-7(12)5(8)2-9-3-6-10-4-14-11-6/h4-5,9H,2-3H2,1H3. The molecule has 1 aromatic heterocycles. The molecular weight excluding hydrogens is 254 g/mol. The molecule has 1 aromatic rings. The second kappa shape index (κ2) is 5.71. The molecule has 1 atom stereocenters. The highest BCUT2D eigenvalue weighted by Gasteiger charge is 2.14. The van der Waals surface area contributed by atoms with Crippen molar-refractivity contribution in [3.8, 4) is 0 Å². The first-order valence-corrected chi connectivity index (χ1v) is 4.83. The van der Waals surface area contributed by atoms with E-state index in [1.54, 1.807) is 0 Å². The summed E-state index contributed by atoms with van der Waals surface area (Å²) in [5.74, 6) is 0.236. The maximum atomic E-state index is 10.9. The molecule has 0 aliphatic rings. The van der Waals surface area contributed by atoms with Gasteiger partial charge in [-0.1, -0.05) is 21.1 Å². The van der Waals surface area contributed by atoms with E-state index in [4.69, 9.17) is 0 Å². The summed E-state index contributed by atoms with van der Waals surface area (Å²) in [6.45, 7) is 0.900. The Morgan fingerprint density at radius 1 is 1.86 bits per heavy atom. The lowest BCUT2D eigenvalue weighted by atomic mass is 10.4. The smallest absolute Gasteiger partial charge is 0.320 e. The highest BCUT2D eigenvalue weighted by molar-refractivity contribution is 9.10. The zero-order chi connectivity index (χ0) is 10.4. The van der Waals surface area contributed by atoms with E-state index in [1.165, 1.54) is 13.5 Å². The van der Waals surface area contributed by atoms with E-state index < -0.39 is 0 Å². The van der Waals surface area contributed by atoms with Crippen LogP contribution in [-0.4, -0.2) is 34.6 Å². The summed E-state index contributed by atoms with van der Waals surface area (Å²) in [7, 11) is 1.34. The lowest BCUT2D eigenvalue weighted by Gasteiger charge is -2.06. The van der Waals surface area contributed by atoms with Gasteiger partial charge in [0.1, 0.15) is 4.83 Å². The zero-order valence-electron chi connectivity index (χ0n) is 7.57. The lowest BCUT2D eigenvalue weighted by Crippen LogP contribution is -2.29. The second-order valence-electron chi connectivity index (χ2n) is 2.47. The van der Waals surface area contributed by atoms with Crippen molar-refractivity contribution >= 4 is 21.9 Å². The molecule has 1 N–H and O–H groups in total. The molecular formula is C7H10BrN3O3. The van der Waals surface area contributed by atoms with E-state index in [2.05, 4.69) is 40.6 Å². The number of hydrogen-bond acceptors (Lipinski definition) is 6. The van der Waals surface area contributed by atoms with Crippen LogP contribution in [0.2, 0.25) is 0 Å². The van der Waals surface area contributed by atoms with E-state index in [9.17, 15) is 4.79 Å². The van der Waals surface area contributed by atoms with Crippen LogP contribution in [0.4, 0.5) is 0 Å². The molecule has 6 nitrogen and oxygen atoms in total. The summed E-state index contributed by atoms with van der Waals surface area (Å²) in [5.41, 5.74) is 0. The van der Waals surface area contributed by atoms with Crippen molar-refractivity contribution < 1.29 is 14.1 Å². The highest BCUT2D eigenvalue weighted by atomic mass is 79.9. The van der Waals surface area contributed by atoms with Gasteiger partial charge in [0, 0.05) is 6.54 Å². The average molecular weight is 264 g/mol. The second-order valence-corrected chi connectivity index (χ2v) is 3.57. The van der Waals surface area contributed by atoms with Crippen LogP contribution in [0.3, 0.4) is 0 Å². The zero-order valence-corrected chi connectivity index (χ0v) is 9.15. The fraction of sp³-hybridized carbons (Fsp3) is 0.571. The average Bonchev–Trinajstić information content (AvgIpc) is 2.69. The molecule has 0 aliphatic carbocycles. The minimum absolute atomic E-state index is 0.314. The summed E-state index contributed by atoms with van der Waals surface area (Å²) < 4.78 is 9.06. The number of esters is 1. The number of carbonyl (C=O) groups excluding carboxylic acids is 1. The van der Waals surface area contributed by atoms with Crippen molar-refractivity contribution in [3.63, 3.8) is 0 Å². The maximum Gasteiger partial charge on any atom is 0.320 e. The summed E-state index contributed by atoms with van der Waals surface area (Å²) >= 11 is 3.17. The molecule has 78 valence electrons. The number of hydrogen-bond donors (Lipinski definition) is 1. The van der Waals surface area contributed by atoms with Gasteiger partial charge in [-0.25, -0.2) is 0 Å². The van der Waals surface area contributed by atoms with Gasteiger partial charge in [0.05, 0.1) is 13.7 Å². The maximum absolute atomic E-state index is 10.9. The first-order valence-electron chi connectivity index (χ1n) is 3.92. The molecule has 7 heteroatoms. The van der Waals surface area contributed by atoms with Gasteiger partial charge in [0.25, 0.3) is 0 Å². The third kappa shape index (κ3) is 3.43. The Morgan fingerprint density at radius 2 is 2.64 bits per heavy atom. The van der Waals surface area contributed by atoms with Gasteiger partial charge in [-0.2, -0.15) is 4.98 Å². The Kier molecular flexibility index (Phi) is 4.54. The van der Waals surface area contributed by atoms with Crippen LogP contribution in [-0.2, 0) is 16.1 Å². The summed E-state index contributed by atoms with van der Waals surface area (Å²) in [6.07, 6.45) is 1.25. The molecule has 0 saturated heterocycles. The molecule has 0 saturated carbocycles. The first-order chi connectivity index (χ1) is 6.74. The lowest BCUT2D eigenvalue weighted by molar-refractivity contribution is -0.139. The third-order valence-corrected chi connectivity index (χ3v) is 2.17. The number of carbonyl (C=O) groups is 1. The van der Waals surface area contributed by atoms with Crippen LogP contribution >= 0.6 is 15.9 Å². The molecule has 1 rings (SSSR count). The molecule has 14 heavy (non-hydrogen) atoms. The van der Waals surface area contributed by atoms with Crippen LogP contribution in [0.15, 0.2) is 10.9 Å². The van der Waals surface area contributed by atoms with Gasteiger partial charge < -0.3 is 14.6 Å². The molecule has 0 spiro atoms. The van der Waals surface area contributed by atoms with Crippen molar-refractivity contribution in [1.82, 2.24) is 15.5 Å². The van der Waals surface area contributed by atoms with Gasteiger partial charge >= 0.3 is 5.97 Å². The summed E-state index contributed by atoms with van der Waals surface area (Å²) in [4.78, 5) is 14.4. The monoisotopic (exact) mass is 263 g/mol. The number of alkyl halides is 1. The Labute approximate surface area is 89.1 Å². The van der Waals surface area contributed by atoms with Crippen molar-refractivity contribution in [3.05, 3.63) is 12.2 Å². The molecule has 0 amide bonds. The Bertz CT molecular complexity index is 278. The predicted octanol–water partition coefficient (Wildman–Crippen LogP) is 0.0957. The van der Waals surface area contributed by atoms with Gasteiger partial charge in [-0.15, -0.1) is 0 Å². The fourth-order valence-electron chi connectivity index (χ4n) is 0.792. The van der Waals surface area contributed by atoms with Crippen LogP contribution in [0.25, 0.3) is 0 Å². The number of methoxy groups -OCH3 is 1. The van der Waals surface area contributed by atoms with Gasteiger partial charge in [0.15, 0.2) is 5.82 Å². The largest absolute Gasteiger partial charge is 0.468 e. The number of ether oxygens (including phenoxy) is 1. The van der Waals surface area contributed by atoms with Crippen molar-refractivity contribution in [2.75, 3.05) is 13.7 Å². The number of halogens is 1. The number of rotatable bonds is 5. The van der Waals surface area contributed by atoms with E-state index in [0.29, 0.717) is 18.9 Å². The molecule has 0 radical (unpaired) electrons. The molecule has 1 heterocycles. The minimum atomic E-state index is -0.362. The topological polar surface area (TPSA) is 77.2 Å². The van der Waals surface area contributed by atoms with Crippen LogP contribution in [0.5, 0.6) is 0 Å². The van der Waals surface area contributed by atoms with Gasteiger partial charge in [0.2, 0.25) is 6.39 Å². The minimum Gasteiger partial charge on any atom is -0.468 e. The third-order valence-electron chi connectivity index (χ3n) is 1.47. The molecule has 0 bridgehead atoms. The van der Waals surface area contributed by atoms with E-state index in [0.717, 1.165) is 0 Å². The van der Waals surface area contributed by atoms with Crippen LogP contribution < -0.4 is 5.32 Å². The van der Waals surface area contributed by atoms with Crippen LogP contribution in [0.1, 0.15) is 5.82 Å². The normalized spacial score (nSPS) is 12.4. The van der Waals surface area contributed by atoms with Crippen molar-refractivity contribution in [1.29, 1.82) is 0 Å². The summed E-state index contributed by atoms with van der Waals surface area (Å²) in [6, 6.07) is 0. The summed E-state index contributed by atoms with van der Waals surface area (Å²) in [5, 5.41) is 6.57. The van der Waals surface area contributed by atoms with Crippen molar-refractivity contribution in [2.45, 2.75) is 11.4 Å². The van der Waals surface area contributed by atoms with E-state index >= 15 is 0 Å². The number of aromatic nitrogens is 2. The van der Waals surface area contributed by atoms with E-state index in [1.807, 2.05) is 0 Å². The Balaban J connectivity index is 2.18. The SMILES string of the molecule is COC(=O)C(Br)CNCc1ncon1. The molecule has 0 fully saturated rings. The molecule has 0 aliphatic heterocycles. The predicted molar refractivity (Wildman–Crippen MR) is 50.7 cm³/mol. The molecule has 1 unspecified atom stereocenters. The highest BCUT2D eigenvalue weighted by Crippen LogP contribution is 2.00. The molecule has 0 aromatic carbocycles. The van der Waals surface area contributed by atoms with Gasteiger partial charge in [-0.3, -0.25) is 4.79 Å². The van der Waals surface area contributed by atoms with Crippen LogP contribution in [0, 0.1) is 0 Å². The number of nitrogens with zero attached hydrogens (tertiary/aromatic N) is 2. The van der Waals surface area contributed by atoms with Gasteiger partial charge in [-0.05, 0) is 0 Å². The fourth-order valence-corrected chi connectivity index (χ4v) is 1.21. The Hall–Kier alpha value is -0.950. The number of nitrogens with one attached hydrogen (secondary N) is 1. The quantitative estimate of drug-likeness (QED) is 0.600. The van der Waals surface area contributed by atoms with Crippen molar-refractivity contribution in [2.24, 2.45) is 0 Å². The Morgan fingerprint density at radius 3 is 3.21 bits per heavy atom.